The quantitative estimate of drug-likeness (QED) is 0.477. The van der Waals surface area contributed by atoms with Gasteiger partial charge in [-0.05, 0) is 40.2 Å². The van der Waals surface area contributed by atoms with Crippen molar-refractivity contribution in [2.45, 2.75) is 4.90 Å². The van der Waals surface area contributed by atoms with Crippen molar-refractivity contribution in [2.24, 2.45) is 0 Å². The van der Waals surface area contributed by atoms with Crippen LogP contribution in [-0.2, 0) is 14.8 Å². The first-order chi connectivity index (χ1) is 12.1. The Morgan fingerprint density at radius 3 is 2.46 bits per heavy atom. The summed E-state index contributed by atoms with van der Waals surface area (Å²) in [5, 5.41) is 11.1. The maximum atomic E-state index is 12.3. The standard InChI is InChI=1S/C14H10Br2N2O7S/c1-24-14(19)17-26(22,23)13-7-9(3-4-11(13)18(20)21)25-12-5-2-8(15)6-10(12)16/h2-7H,1H3,(H,17,19). The number of methoxy groups -OCH3 is 1. The topological polar surface area (TPSA) is 125 Å². The number of nitrogens with one attached hydrogen (secondary N) is 1. The van der Waals surface area contributed by atoms with Gasteiger partial charge in [-0.1, -0.05) is 15.9 Å². The highest BCUT2D eigenvalue weighted by molar-refractivity contribution is 9.11. The molecule has 0 aliphatic rings. The van der Waals surface area contributed by atoms with E-state index < -0.39 is 31.6 Å². The molecule has 2 aromatic rings. The largest absolute Gasteiger partial charge is 0.456 e. The maximum Gasteiger partial charge on any atom is 0.420 e. The molecule has 2 rings (SSSR count). The minimum atomic E-state index is -4.54. The Balaban J connectivity index is 2.48. The summed E-state index contributed by atoms with van der Waals surface area (Å²) in [5.74, 6) is 0.371. The van der Waals surface area contributed by atoms with Gasteiger partial charge in [0.2, 0.25) is 0 Å². The predicted molar refractivity (Wildman–Crippen MR) is 97.7 cm³/mol. The Bertz CT molecular complexity index is 979. The zero-order chi connectivity index (χ0) is 19.5. The number of benzene rings is 2. The van der Waals surface area contributed by atoms with E-state index in [1.165, 1.54) is 6.07 Å². The number of amides is 1. The molecule has 0 spiro atoms. The minimum Gasteiger partial charge on any atom is -0.456 e. The Morgan fingerprint density at radius 2 is 1.88 bits per heavy atom. The molecule has 12 heteroatoms. The van der Waals surface area contributed by atoms with Crippen molar-refractivity contribution >= 4 is 53.7 Å². The van der Waals surface area contributed by atoms with Crippen molar-refractivity contribution < 1.29 is 27.6 Å². The third-order valence-electron chi connectivity index (χ3n) is 2.94. The Kier molecular flexibility index (Phi) is 6.21. The van der Waals surface area contributed by atoms with E-state index in [0.717, 1.165) is 23.7 Å². The monoisotopic (exact) mass is 508 g/mol. The molecule has 0 aromatic heterocycles. The fraction of sp³-hybridized carbons (Fsp3) is 0.0714. The average molecular weight is 510 g/mol. The second-order valence-corrected chi connectivity index (χ2v) is 8.08. The normalized spacial score (nSPS) is 10.9. The average Bonchev–Trinajstić information content (AvgIpc) is 2.56. The molecule has 0 saturated heterocycles. The molecule has 0 aliphatic carbocycles. The molecule has 0 heterocycles. The number of carbonyl (C=O) groups excluding carboxylic acids is 1. The molecule has 0 saturated carbocycles. The lowest BCUT2D eigenvalue weighted by atomic mass is 10.3. The fourth-order valence-corrected chi connectivity index (χ4v) is 4.05. The summed E-state index contributed by atoms with van der Waals surface area (Å²) in [6, 6.07) is 8.16. The van der Waals surface area contributed by atoms with E-state index in [9.17, 15) is 23.3 Å². The van der Waals surface area contributed by atoms with Gasteiger partial charge >= 0.3 is 6.09 Å². The van der Waals surface area contributed by atoms with E-state index in [-0.39, 0.29) is 5.75 Å². The van der Waals surface area contributed by atoms with E-state index in [2.05, 4.69) is 36.6 Å². The third-order valence-corrected chi connectivity index (χ3v) is 5.40. The molecule has 1 N–H and O–H groups in total. The van der Waals surface area contributed by atoms with Gasteiger partial charge in [-0.2, -0.15) is 0 Å². The van der Waals surface area contributed by atoms with E-state index in [1.54, 1.807) is 22.9 Å². The predicted octanol–water partition coefficient (Wildman–Crippen LogP) is 3.96. The van der Waals surface area contributed by atoms with Crippen LogP contribution in [0.2, 0.25) is 0 Å². The van der Waals surface area contributed by atoms with Crippen molar-refractivity contribution in [3.05, 3.63) is 55.5 Å². The van der Waals surface area contributed by atoms with Crippen LogP contribution in [0.4, 0.5) is 10.5 Å². The van der Waals surface area contributed by atoms with E-state index >= 15 is 0 Å². The lowest BCUT2D eigenvalue weighted by Gasteiger charge is -2.11. The smallest absolute Gasteiger partial charge is 0.420 e. The van der Waals surface area contributed by atoms with Crippen molar-refractivity contribution in [1.82, 2.24) is 4.72 Å². The number of nitro benzene ring substituents is 1. The third kappa shape index (κ3) is 4.71. The number of sulfonamides is 1. The maximum absolute atomic E-state index is 12.3. The number of rotatable bonds is 5. The number of halogens is 2. The molecule has 0 atom stereocenters. The number of hydrogen-bond acceptors (Lipinski definition) is 7. The van der Waals surface area contributed by atoms with Crippen LogP contribution in [0.25, 0.3) is 0 Å². The van der Waals surface area contributed by atoms with Crippen LogP contribution >= 0.6 is 31.9 Å². The summed E-state index contributed by atoms with van der Waals surface area (Å²) in [6.07, 6.45) is -1.28. The lowest BCUT2D eigenvalue weighted by Crippen LogP contribution is -2.30. The summed E-state index contributed by atoms with van der Waals surface area (Å²) in [7, 11) is -3.58. The van der Waals surface area contributed by atoms with Gasteiger partial charge in [0.15, 0.2) is 4.90 Å². The molecule has 26 heavy (non-hydrogen) atoms. The summed E-state index contributed by atoms with van der Waals surface area (Å²) in [6.45, 7) is 0. The minimum absolute atomic E-state index is 0.0175. The summed E-state index contributed by atoms with van der Waals surface area (Å²) >= 11 is 6.57. The zero-order valence-electron chi connectivity index (χ0n) is 12.9. The summed E-state index contributed by atoms with van der Waals surface area (Å²) in [5.41, 5.74) is -0.719. The van der Waals surface area contributed by atoms with Crippen LogP contribution < -0.4 is 9.46 Å². The second-order valence-electron chi connectivity index (χ2n) is 4.66. The van der Waals surface area contributed by atoms with Gasteiger partial charge in [-0.3, -0.25) is 10.1 Å². The molecule has 2 aromatic carbocycles. The van der Waals surface area contributed by atoms with Crippen LogP contribution in [0.5, 0.6) is 11.5 Å². The highest BCUT2D eigenvalue weighted by Gasteiger charge is 2.28. The molecular formula is C14H10Br2N2O7S. The molecule has 0 aliphatic heterocycles. The van der Waals surface area contributed by atoms with E-state index in [0.29, 0.717) is 10.2 Å². The van der Waals surface area contributed by atoms with Crippen LogP contribution in [0.15, 0.2) is 50.2 Å². The molecule has 0 radical (unpaired) electrons. The van der Waals surface area contributed by atoms with Gasteiger partial charge in [-0.25, -0.2) is 17.9 Å². The van der Waals surface area contributed by atoms with E-state index in [1.807, 2.05) is 0 Å². The molecule has 138 valence electrons. The summed E-state index contributed by atoms with van der Waals surface area (Å²) in [4.78, 5) is 20.7. The highest BCUT2D eigenvalue weighted by atomic mass is 79.9. The van der Waals surface area contributed by atoms with Gasteiger partial charge in [-0.15, -0.1) is 0 Å². The molecule has 0 fully saturated rings. The molecule has 0 bridgehead atoms. The summed E-state index contributed by atoms with van der Waals surface area (Å²) < 4.78 is 37.2. The van der Waals surface area contributed by atoms with Gasteiger partial charge in [0, 0.05) is 16.6 Å². The molecule has 9 nitrogen and oxygen atoms in total. The Morgan fingerprint density at radius 1 is 1.19 bits per heavy atom. The van der Waals surface area contributed by atoms with Crippen molar-refractivity contribution in [1.29, 1.82) is 0 Å². The van der Waals surface area contributed by atoms with Gasteiger partial charge in [0.25, 0.3) is 15.7 Å². The van der Waals surface area contributed by atoms with Crippen LogP contribution in [0.1, 0.15) is 0 Å². The van der Waals surface area contributed by atoms with Crippen molar-refractivity contribution in [3.63, 3.8) is 0 Å². The van der Waals surface area contributed by atoms with Crippen molar-refractivity contribution in [2.75, 3.05) is 7.11 Å². The number of ether oxygens (including phenoxy) is 2. The molecular weight excluding hydrogens is 500 g/mol. The first-order valence-corrected chi connectivity index (χ1v) is 9.73. The Labute approximate surface area is 164 Å². The van der Waals surface area contributed by atoms with Crippen molar-refractivity contribution in [3.8, 4) is 11.5 Å². The zero-order valence-corrected chi connectivity index (χ0v) is 16.9. The fourth-order valence-electron chi connectivity index (χ4n) is 1.82. The Hall–Kier alpha value is -2.18. The number of carbonyl (C=O) groups is 1. The van der Waals surface area contributed by atoms with Gasteiger partial charge in [0.05, 0.1) is 16.5 Å². The first kappa shape index (κ1) is 20.1. The highest BCUT2D eigenvalue weighted by Crippen LogP contribution is 2.35. The van der Waals surface area contributed by atoms with Crippen LogP contribution in [0, 0.1) is 10.1 Å². The lowest BCUT2D eigenvalue weighted by molar-refractivity contribution is -0.387. The first-order valence-electron chi connectivity index (χ1n) is 6.66. The number of hydrogen-bond donors (Lipinski definition) is 1. The van der Waals surface area contributed by atoms with E-state index in [4.69, 9.17) is 4.74 Å². The molecule has 1 amide bonds. The van der Waals surface area contributed by atoms with Crippen LogP contribution in [0.3, 0.4) is 0 Å². The number of nitrogens with zero attached hydrogens (tertiary/aromatic N) is 1. The SMILES string of the molecule is COC(=O)NS(=O)(=O)c1cc(Oc2ccc(Br)cc2Br)ccc1[N+](=O)[O-]. The van der Waals surface area contributed by atoms with Crippen LogP contribution in [-0.4, -0.2) is 26.5 Å². The van der Waals surface area contributed by atoms with Gasteiger partial charge < -0.3 is 9.47 Å². The molecule has 0 unspecified atom stereocenters. The second kappa shape index (κ2) is 8.01. The van der Waals surface area contributed by atoms with Gasteiger partial charge in [0.1, 0.15) is 11.5 Å². The number of nitro groups is 1.